The Balaban J connectivity index is 2.09. The van der Waals surface area contributed by atoms with Gasteiger partial charge in [-0.3, -0.25) is 0 Å². The Morgan fingerprint density at radius 2 is 1.50 bits per heavy atom. The number of aliphatic hydroxyl groups is 6. The van der Waals surface area contributed by atoms with Crippen LogP contribution in [0.15, 0.2) is 0 Å². The molecule has 2 aliphatic heterocycles. The van der Waals surface area contributed by atoms with E-state index in [0.717, 1.165) is 0 Å². The Morgan fingerprint density at radius 1 is 0.875 bits per heavy atom. The van der Waals surface area contributed by atoms with Crippen LogP contribution >= 0.6 is 0 Å². The normalized spacial score (nSPS) is 50.2. The number of aliphatic hydroxyl groups excluding tert-OH is 6. The summed E-state index contributed by atoms with van der Waals surface area (Å²) >= 11 is 0. The highest BCUT2D eigenvalue weighted by atomic mass is 16.7. The molecule has 0 aliphatic carbocycles. The van der Waals surface area contributed by atoms with Gasteiger partial charge in [0, 0.05) is 0 Å². The van der Waals surface area contributed by atoms with Crippen molar-refractivity contribution in [1.82, 2.24) is 0 Å². The zero-order valence-electron chi connectivity index (χ0n) is 14.0. The van der Waals surface area contributed by atoms with Gasteiger partial charge in [0.15, 0.2) is 6.29 Å². The smallest absolute Gasteiger partial charge is 0.187 e. The minimum absolute atomic E-state index is 0.0229. The fourth-order valence-electron chi connectivity index (χ4n) is 3.15. The van der Waals surface area contributed by atoms with Gasteiger partial charge in [-0.25, -0.2) is 0 Å². The predicted molar refractivity (Wildman–Crippen MR) is 79.8 cm³/mol. The van der Waals surface area contributed by atoms with Crippen molar-refractivity contribution in [1.29, 1.82) is 0 Å². The van der Waals surface area contributed by atoms with Crippen LogP contribution in [0.2, 0.25) is 0 Å². The van der Waals surface area contributed by atoms with E-state index in [4.69, 9.17) is 14.2 Å². The number of hydrogen-bond acceptors (Lipinski definition) is 9. The van der Waals surface area contributed by atoms with Crippen molar-refractivity contribution < 1.29 is 44.8 Å². The molecule has 0 aromatic heterocycles. The Bertz CT molecular complexity index is 404. The van der Waals surface area contributed by atoms with E-state index in [2.05, 4.69) is 0 Å². The van der Waals surface area contributed by atoms with Gasteiger partial charge in [0.2, 0.25) is 0 Å². The second-order valence-corrected chi connectivity index (χ2v) is 6.83. The van der Waals surface area contributed by atoms with E-state index in [0.29, 0.717) is 0 Å². The summed E-state index contributed by atoms with van der Waals surface area (Å²) in [6.07, 6.45) is -11.8. The van der Waals surface area contributed by atoms with Gasteiger partial charge < -0.3 is 44.8 Å². The van der Waals surface area contributed by atoms with Gasteiger partial charge in [-0.2, -0.15) is 0 Å². The van der Waals surface area contributed by atoms with Gasteiger partial charge in [-0.1, -0.05) is 13.8 Å². The molecule has 10 atom stereocenters. The molecule has 0 saturated carbocycles. The molecule has 2 fully saturated rings. The maximum absolute atomic E-state index is 10.3. The summed E-state index contributed by atoms with van der Waals surface area (Å²) in [5.74, 6) is -0.0229. The molecule has 0 aromatic rings. The minimum Gasteiger partial charge on any atom is -0.394 e. The summed E-state index contributed by atoms with van der Waals surface area (Å²) in [4.78, 5) is 0. The quantitative estimate of drug-likeness (QED) is 0.319. The zero-order chi connectivity index (χ0) is 18.2. The van der Waals surface area contributed by atoms with Gasteiger partial charge in [0.05, 0.1) is 18.8 Å². The van der Waals surface area contributed by atoms with Crippen LogP contribution in [0.1, 0.15) is 20.8 Å². The molecule has 1 unspecified atom stereocenters. The van der Waals surface area contributed by atoms with Crippen LogP contribution in [0.5, 0.6) is 0 Å². The first-order valence-electron chi connectivity index (χ1n) is 8.16. The summed E-state index contributed by atoms with van der Waals surface area (Å²) < 4.78 is 16.5. The summed E-state index contributed by atoms with van der Waals surface area (Å²) in [7, 11) is 0. The molecule has 2 heterocycles. The third-order valence-corrected chi connectivity index (χ3v) is 4.65. The van der Waals surface area contributed by atoms with E-state index in [1.165, 1.54) is 0 Å². The van der Waals surface area contributed by atoms with Crippen LogP contribution in [0.4, 0.5) is 0 Å². The molecule has 9 nitrogen and oxygen atoms in total. The summed E-state index contributed by atoms with van der Waals surface area (Å²) in [5, 5.41) is 59.3. The first kappa shape index (κ1) is 20.0. The zero-order valence-corrected chi connectivity index (χ0v) is 14.0. The van der Waals surface area contributed by atoms with Gasteiger partial charge in [0.1, 0.15) is 42.7 Å². The van der Waals surface area contributed by atoms with Crippen molar-refractivity contribution in [3.63, 3.8) is 0 Å². The Kier molecular flexibility index (Phi) is 6.57. The molecule has 142 valence electrons. The second kappa shape index (κ2) is 7.90. The highest BCUT2D eigenvalue weighted by molar-refractivity contribution is 4.95. The molecule has 0 bridgehead atoms. The van der Waals surface area contributed by atoms with Crippen molar-refractivity contribution in [2.24, 2.45) is 5.92 Å². The highest BCUT2D eigenvalue weighted by Crippen LogP contribution is 2.30. The summed E-state index contributed by atoms with van der Waals surface area (Å²) in [6.45, 7) is 4.78. The Morgan fingerprint density at radius 3 is 2.04 bits per heavy atom. The molecule has 2 aliphatic rings. The second-order valence-electron chi connectivity index (χ2n) is 6.83. The fourth-order valence-corrected chi connectivity index (χ4v) is 3.15. The van der Waals surface area contributed by atoms with Gasteiger partial charge in [-0.05, 0) is 12.8 Å². The topological polar surface area (TPSA) is 149 Å². The standard InChI is InChI=1S/C15H28O9/c1-5(2)13-10(19)11(20)14(6(3)22-13)24-15-12(21)9(18)8(17)7(4-16)23-15/h5-21H,4H2,1-3H3/t6-,7-,8-,9+,10-,11+,12-,13+,14-,15?/m1/s1. The van der Waals surface area contributed by atoms with Crippen molar-refractivity contribution in [2.45, 2.75) is 82.0 Å². The van der Waals surface area contributed by atoms with E-state index in [9.17, 15) is 30.6 Å². The lowest BCUT2D eigenvalue weighted by molar-refractivity contribution is -0.340. The molecular formula is C15H28O9. The van der Waals surface area contributed by atoms with Crippen LogP contribution in [0.3, 0.4) is 0 Å². The lowest BCUT2D eigenvalue weighted by atomic mass is 9.89. The lowest BCUT2D eigenvalue weighted by Crippen LogP contribution is -2.64. The molecule has 6 N–H and O–H groups in total. The van der Waals surface area contributed by atoms with Crippen LogP contribution in [-0.2, 0) is 14.2 Å². The summed E-state index contributed by atoms with van der Waals surface area (Å²) in [5.41, 5.74) is 0. The molecule has 0 amide bonds. The van der Waals surface area contributed by atoms with Crippen molar-refractivity contribution in [3.8, 4) is 0 Å². The number of hydrogen-bond donors (Lipinski definition) is 6. The van der Waals surface area contributed by atoms with E-state index in [1.807, 2.05) is 13.8 Å². The Hall–Kier alpha value is -0.360. The van der Waals surface area contributed by atoms with Crippen LogP contribution < -0.4 is 0 Å². The maximum Gasteiger partial charge on any atom is 0.187 e. The predicted octanol–water partition coefficient (Wildman–Crippen LogP) is -2.66. The lowest BCUT2D eigenvalue weighted by Gasteiger charge is -2.46. The third-order valence-electron chi connectivity index (χ3n) is 4.65. The first-order chi connectivity index (χ1) is 11.2. The average Bonchev–Trinajstić information content (AvgIpc) is 2.54. The van der Waals surface area contributed by atoms with Gasteiger partial charge in [0.25, 0.3) is 0 Å². The SMILES string of the molecule is CC(C)[C@@H]1O[C@H](C)[C@@H](OC2O[C@H](CO)[C@@H](O)[C@H](O)[C@H]2O)[C@@H](O)[C@H]1O. The van der Waals surface area contributed by atoms with Crippen LogP contribution in [0, 0.1) is 5.92 Å². The molecular weight excluding hydrogens is 324 g/mol. The molecule has 0 aromatic carbocycles. The monoisotopic (exact) mass is 352 g/mol. The number of ether oxygens (including phenoxy) is 3. The molecule has 0 spiro atoms. The summed E-state index contributed by atoms with van der Waals surface area (Å²) in [6, 6.07) is 0. The molecule has 24 heavy (non-hydrogen) atoms. The van der Waals surface area contributed by atoms with Crippen molar-refractivity contribution in [3.05, 3.63) is 0 Å². The van der Waals surface area contributed by atoms with Gasteiger partial charge in [-0.15, -0.1) is 0 Å². The molecule has 0 radical (unpaired) electrons. The maximum atomic E-state index is 10.3. The molecule has 2 rings (SSSR count). The fraction of sp³-hybridized carbons (Fsp3) is 1.00. The average molecular weight is 352 g/mol. The Labute approximate surface area is 140 Å². The van der Waals surface area contributed by atoms with Gasteiger partial charge >= 0.3 is 0 Å². The van der Waals surface area contributed by atoms with E-state index >= 15 is 0 Å². The largest absolute Gasteiger partial charge is 0.394 e. The van der Waals surface area contributed by atoms with E-state index in [-0.39, 0.29) is 5.92 Å². The van der Waals surface area contributed by atoms with Crippen molar-refractivity contribution >= 4 is 0 Å². The van der Waals surface area contributed by atoms with E-state index in [1.54, 1.807) is 6.92 Å². The first-order valence-corrected chi connectivity index (χ1v) is 8.16. The molecule has 9 heteroatoms. The molecule has 2 saturated heterocycles. The van der Waals surface area contributed by atoms with Crippen molar-refractivity contribution in [2.75, 3.05) is 6.61 Å². The minimum atomic E-state index is -1.58. The van der Waals surface area contributed by atoms with E-state index < -0.39 is 67.8 Å². The van der Waals surface area contributed by atoms with Crippen LogP contribution in [-0.4, -0.2) is 98.5 Å². The highest BCUT2D eigenvalue weighted by Gasteiger charge is 2.49. The number of rotatable bonds is 4. The third kappa shape index (κ3) is 3.74. The van der Waals surface area contributed by atoms with Crippen LogP contribution in [0.25, 0.3) is 0 Å².